The lowest BCUT2D eigenvalue weighted by Crippen LogP contribution is -2.09. The lowest BCUT2D eigenvalue weighted by atomic mass is 9.85. The molecule has 0 amide bonds. The summed E-state index contributed by atoms with van der Waals surface area (Å²) in [7, 11) is 0. The third kappa shape index (κ3) is 2.66. The molecule has 0 atom stereocenters. The zero-order valence-electron chi connectivity index (χ0n) is 13.8. The van der Waals surface area contributed by atoms with E-state index >= 15 is 0 Å². The molecule has 0 radical (unpaired) electrons. The molecule has 0 heterocycles. The number of hydrogen-bond donors (Lipinski definition) is 1. The van der Waals surface area contributed by atoms with Gasteiger partial charge in [0.2, 0.25) is 0 Å². The van der Waals surface area contributed by atoms with Gasteiger partial charge in [-0.05, 0) is 53.0 Å². The minimum Gasteiger partial charge on any atom is -0.478 e. The Morgan fingerprint density at radius 3 is 2.50 bits per heavy atom. The molecule has 1 fully saturated rings. The van der Waals surface area contributed by atoms with E-state index in [-0.39, 0.29) is 0 Å². The highest BCUT2D eigenvalue weighted by Gasteiger charge is 2.25. The maximum atomic E-state index is 12.0. The van der Waals surface area contributed by atoms with Crippen molar-refractivity contribution in [3.63, 3.8) is 0 Å². The Kier molecular flexibility index (Phi) is 3.97. The Morgan fingerprint density at radius 2 is 1.71 bits per heavy atom. The number of benzene rings is 2. The van der Waals surface area contributed by atoms with Crippen LogP contribution < -0.4 is 0 Å². The maximum Gasteiger partial charge on any atom is 0.335 e. The molecule has 2 aromatic rings. The van der Waals surface area contributed by atoms with Gasteiger partial charge in [-0.3, -0.25) is 0 Å². The van der Waals surface area contributed by atoms with Crippen molar-refractivity contribution >= 4 is 11.5 Å². The quantitative estimate of drug-likeness (QED) is 0.665. The van der Waals surface area contributed by atoms with Crippen LogP contribution in [0.25, 0.3) is 16.7 Å². The monoisotopic (exact) mass is 318 g/mol. The van der Waals surface area contributed by atoms with Crippen LogP contribution in [-0.2, 0) is 11.2 Å². The molecule has 0 spiro atoms. The molecule has 122 valence electrons. The molecule has 0 saturated heterocycles. The van der Waals surface area contributed by atoms with E-state index in [1.165, 1.54) is 41.5 Å². The number of carboxylic acid groups (broad SMARTS) is 1. The maximum absolute atomic E-state index is 12.0. The Balaban J connectivity index is 1.78. The number of carbonyl (C=O) groups is 1. The number of allylic oxidation sites excluding steroid dienone is 1. The van der Waals surface area contributed by atoms with E-state index in [1.54, 1.807) is 0 Å². The molecule has 1 N–H and O–H groups in total. The number of fused-ring (bicyclic) bond motifs is 3. The van der Waals surface area contributed by atoms with Crippen molar-refractivity contribution in [3.8, 4) is 11.1 Å². The molecule has 2 aliphatic rings. The van der Waals surface area contributed by atoms with E-state index in [1.807, 2.05) is 18.2 Å². The van der Waals surface area contributed by atoms with E-state index in [9.17, 15) is 9.90 Å². The lowest BCUT2D eigenvalue weighted by Gasteiger charge is -2.19. The molecule has 2 nitrogen and oxygen atoms in total. The van der Waals surface area contributed by atoms with Gasteiger partial charge in [0, 0.05) is 0 Å². The van der Waals surface area contributed by atoms with Crippen molar-refractivity contribution in [2.45, 2.75) is 38.5 Å². The normalized spacial score (nSPS) is 17.4. The topological polar surface area (TPSA) is 37.3 Å². The Labute approximate surface area is 142 Å². The second kappa shape index (κ2) is 6.27. The highest BCUT2D eigenvalue weighted by atomic mass is 16.4. The van der Waals surface area contributed by atoms with Gasteiger partial charge in [0.15, 0.2) is 0 Å². The first kappa shape index (κ1) is 15.2. The first-order chi connectivity index (χ1) is 11.7. The summed E-state index contributed by atoms with van der Waals surface area (Å²) in [5.74, 6) is -0.394. The van der Waals surface area contributed by atoms with Crippen LogP contribution in [-0.4, -0.2) is 11.1 Å². The zero-order valence-corrected chi connectivity index (χ0v) is 13.8. The minimum absolute atomic E-state index is 0.407. The van der Waals surface area contributed by atoms with Gasteiger partial charge < -0.3 is 5.11 Å². The summed E-state index contributed by atoms with van der Waals surface area (Å²) < 4.78 is 0. The summed E-state index contributed by atoms with van der Waals surface area (Å²) >= 11 is 0. The molecule has 0 unspecified atom stereocenters. The number of rotatable bonds is 3. The van der Waals surface area contributed by atoms with Crippen LogP contribution in [0.1, 0.15) is 48.8 Å². The van der Waals surface area contributed by atoms with Gasteiger partial charge in [0.1, 0.15) is 0 Å². The fourth-order valence-corrected chi connectivity index (χ4v) is 4.22. The van der Waals surface area contributed by atoms with Crippen LogP contribution in [0.2, 0.25) is 0 Å². The molecule has 0 aromatic heterocycles. The molecular formula is C22H22O2. The molecule has 1 saturated carbocycles. The number of carboxylic acids is 1. The summed E-state index contributed by atoms with van der Waals surface area (Å²) in [6.07, 6.45) is 8.80. The van der Waals surface area contributed by atoms with Gasteiger partial charge in [0.25, 0.3) is 0 Å². The van der Waals surface area contributed by atoms with E-state index in [0.717, 1.165) is 24.8 Å². The third-order valence-electron chi connectivity index (χ3n) is 5.42. The highest BCUT2D eigenvalue weighted by molar-refractivity contribution is 6.16. The fraction of sp³-hybridized carbons (Fsp3) is 0.318. The fourth-order valence-electron chi connectivity index (χ4n) is 4.22. The molecular weight excluding hydrogens is 296 g/mol. The third-order valence-corrected chi connectivity index (χ3v) is 5.42. The smallest absolute Gasteiger partial charge is 0.335 e. The number of hydrogen-bond acceptors (Lipinski definition) is 1. The van der Waals surface area contributed by atoms with Gasteiger partial charge >= 0.3 is 5.97 Å². The van der Waals surface area contributed by atoms with Crippen molar-refractivity contribution < 1.29 is 9.90 Å². The predicted molar refractivity (Wildman–Crippen MR) is 96.9 cm³/mol. The van der Waals surface area contributed by atoms with Gasteiger partial charge in [-0.2, -0.15) is 0 Å². The average molecular weight is 318 g/mol. The van der Waals surface area contributed by atoms with Crippen LogP contribution in [0.5, 0.6) is 0 Å². The summed E-state index contributed by atoms with van der Waals surface area (Å²) in [5.41, 5.74) is 6.30. The minimum atomic E-state index is -0.801. The molecule has 4 rings (SSSR count). The van der Waals surface area contributed by atoms with Crippen LogP contribution in [0.3, 0.4) is 0 Å². The molecule has 2 aliphatic carbocycles. The van der Waals surface area contributed by atoms with Gasteiger partial charge in [-0.15, -0.1) is 0 Å². The second-order valence-electron chi connectivity index (χ2n) is 6.95. The second-order valence-corrected chi connectivity index (χ2v) is 6.95. The Bertz CT molecular complexity index is 810. The first-order valence-electron chi connectivity index (χ1n) is 8.89. The van der Waals surface area contributed by atoms with Gasteiger partial charge in [0.05, 0.1) is 5.57 Å². The van der Waals surface area contributed by atoms with Crippen molar-refractivity contribution in [1.29, 1.82) is 0 Å². The zero-order chi connectivity index (χ0) is 16.5. The molecule has 0 aliphatic heterocycles. The molecule has 2 heteroatoms. The number of aliphatic carboxylic acids is 1. The van der Waals surface area contributed by atoms with E-state index < -0.39 is 5.97 Å². The van der Waals surface area contributed by atoms with Crippen molar-refractivity contribution in [1.82, 2.24) is 0 Å². The molecule has 0 bridgehead atoms. The van der Waals surface area contributed by atoms with Crippen LogP contribution in [0.15, 0.2) is 48.5 Å². The van der Waals surface area contributed by atoms with Gasteiger partial charge in [-0.25, -0.2) is 4.79 Å². The lowest BCUT2D eigenvalue weighted by molar-refractivity contribution is -0.130. The molecule has 24 heavy (non-hydrogen) atoms. The van der Waals surface area contributed by atoms with Crippen molar-refractivity contribution in [2.75, 3.05) is 0 Å². The van der Waals surface area contributed by atoms with Gasteiger partial charge in [-0.1, -0.05) is 67.8 Å². The van der Waals surface area contributed by atoms with Crippen molar-refractivity contribution in [3.05, 3.63) is 65.2 Å². The summed E-state index contributed by atoms with van der Waals surface area (Å²) in [4.78, 5) is 12.0. The van der Waals surface area contributed by atoms with Crippen molar-refractivity contribution in [2.24, 2.45) is 5.92 Å². The standard InChI is InChI=1S/C22H22O2/c23-22(24)21(13-15-7-2-1-3-8-15)19-12-6-11-18-17-10-5-4-9-16(17)14-20(18)19/h4-6,9-13,15H,1-3,7-8,14H2,(H,23,24). The SMILES string of the molecule is O=C(O)C(=CC1CCCCC1)c1cccc2c1Cc1ccccc1-2. The average Bonchev–Trinajstić information content (AvgIpc) is 2.99. The van der Waals surface area contributed by atoms with E-state index in [2.05, 4.69) is 30.3 Å². The first-order valence-corrected chi connectivity index (χ1v) is 8.89. The van der Waals surface area contributed by atoms with Crippen LogP contribution >= 0.6 is 0 Å². The molecule has 2 aromatic carbocycles. The van der Waals surface area contributed by atoms with E-state index in [4.69, 9.17) is 0 Å². The largest absolute Gasteiger partial charge is 0.478 e. The highest BCUT2D eigenvalue weighted by Crippen LogP contribution is 2.40. The summed E-state index contributed by atoms with van der Waals surface area (Å²) in [6, 6.07) is 14.5. The van der Waals surface area contributed by atoms with Crippen LogP contribution in [0, 0.1) is 5.92 Å². The Hall–Kier alpha value is -2.35. The van der Waals surface area contributed by atoms with E-state index in [0.29, 0.717) is 11.5 Å². The predicted octanol–water partition coefficient (Wildman–Crippen LogP) is 5.31. The summed E-state index contributed by atoms with van der Waals surface area (Å²) in [5, 5.41) is 9.84. The van der Waals surface area contributed by atoms with Crippen LogP contribution in [0.4, 0.5) is 0 Å². The summed E-state index contributed by atoms with van der Waals surface area (Å²) in [6.45, 7) is 0. The Morgan fingerprint density at radius 1 is 0.958 bits per heavy atom.